The number of halogens is 2. The summed E-state index contributed by atoms with van der Waals surface area (Å²) in [6.07, 6.45) is -1.33. The molecule has 4 rings (SSSR count). The van der Waals surface area contributed by atoms with E-state index in [2.05, 4.69) is 10.3 Å². The zero-order chi connectivity index (χ0) is 28.1. The molecule has 1 saturated heterocycles. The predicted molar refractivity (Wildman–Crippen MR) is 143 cm³/mol. The molecule has 2 heterocycles. The number of esters is 3. The molecular formula is C26H25Cl2N3O7S. The van der Waals surface area contributed by atoms with E-state index < -0.39 is 47.7 Å². The fourth-order valence-corrected chi connectivity index (χ4v) is 5.64. The van der Waals surface area contributed by atoms with Gasteiger partial charge in [-0.05, 0) is 18.2 Å². The molecule has 1 aliphatic rings. The minimum atomic E-state index is -1.05. The molecule has 0 aliphatic carbocycles. The van der Waals surface area contributed by atoms with E-state index in [1.54, 1.807) is 24.4 Å². The highest BCUT2D eigenvalue weighted by Gasteiger charge is 2.52. The van der Waals surface area contributed by atoms with Crippen LogP contribution in [-0.2, 0) is 33.3 Å². The van der Waals surface area contributed by atoms with Gasteiger partial charge < -0.3 is 18.9 Å². The Morgan fingerprint density at radius 1 is 0.949 bits per heavy atom. The van der Waals surface area contributed by atoms with Gasteiger partial charge in [0.1, 0.15) is 29.9 Å². The third-order valence-corrected chi connectivity index (χ3v) is 7.58. The van der Waals surface area contributed by atoms with Crippen LogP contribution in [0.1, 0.15) is 26.8 Å². The Kier molecular flexibility index (Phi) is 9.49. The van der Waals surface area contributed by atoms with Gasteiger partial charge in [-0.15, -0.1) is 5.10 Å². The second kappa shape index (κ2) is 12.8. The van der Waals surface area contributed by atoms with E-state index in [1.165, 1.54) is 37.2 Å². The molecule has 206 valence electrons. The van der Waals surface area contributed by atoms with E-state index in [4.69, 9.17) is 42.1 Å². The van der Waals surface area contributed by atoms with Gasteiger partial charge in [0.2, 0.25) is 0 Å². The highest BCUT2D eigenvalue weighted by Crippen LogP contribution is 2.42. The second-order valence-electron chi connectivity index (χ2n) is 8.63. The first-order valence-electron chi connectivity index (χ1n) is 11.8. The third kappa shape index (κ3) is 7.30. The van der Waals surface area contributed by atoms with Crippen molar-refractivity contribution >= 4 is 52.9 Å². The Hall–Kier alpha value is -3.12. The number of ether oxygens (including phenoxy) is 4. The smallest absolute Gasteiger partial charge is 0.303 e. The number of carbonyl (C=O) groups excluding carboxylic acids is 3. The molecule has 2 aromatic carbocycles. The summed E-state index contributed by atoms with van der Waals surface area (Å²) in [5.74, 6) is -1.74. The lowest BCUT2D eigenvalue weighted by Gasteiger charge is -2.44. The first-order valence-corrected chi connectivity index (χ1v) is 13.5. The van der Waals surface area contributed by atoms with Crippen LogP contribution < -0.4 is 0 Å². The van der Waals surface area contributed by atoms with Crippen molar-refractivity contribution in [2.24, 2.45) is 0 Å². The fourth-order valence-electron chi connectivity index (χ4n) is 4.13. The van der Waals surface area contributed by atoms with Crippen LogP contribution in [0.3, 0.4) is 0 Å². The molecule has 0 amide bonds. The summed E-state index contributed by atoms with van der Waals surface area (Å²) < 4.78 is 24.4. The molecule has 5 atom stereocenters. The summed E-state index contributed by atoms with van der Waals surface area (Å²) in [4.78, 5) is 36.8. The molecule has 0 bridgehead atoms. The Morgan fingerprint density at radius 2 is 1.64 bits per heavy atom. The normalized spacial score (nSPS) is 22.6. The maximum atomic E-state index is 12.3. The Balaban J connectivity index is 1.79. The lowest BCUT2D eigenvalue weighted by atomic mass is 9.96. The highest BCUT2D eigenvalue weighted by atomic mass is 35.5. The first-order chi connectivity index (χ1) is 18.6. The predicted octanol–water partition coefficient (Wildman–Crippen LogP) is 4.74. The number of hydrogen-bond donors (Lipinski definition) is 0. The van der Waals surface area contributed by atoms with E-state index in [0.717, 1.165) is 5.56 Å². The molecule has 3 aromatic rings. The fraction of sp³-hybridized carbons (Fsp3) is 0.346. The number of nitrogens with zero attached hydrogens (tertiary/aromatic N) is 3. The zero-order valence-corrected chi connectivity index (χ0v) is 23.5. The van der Waals surface area contributed by atoms with Crippen LogP contribution in [-0.4, -0.2) is 63.3 Å². The lowest BCUT2D eigenvalue weighted by Crippen LogP contribution is -2.57. The maximum Gasteiger partial charge on any atom is 0.303 e. The molecule has 0 N–H and O–H groups in total. The van der Waals surface area contributed by atoms with Gasteiger partial charge >= 0.3 is 17.9 Å². The summed E-state index contributed by atoms with van der Waals surface area (Å²) in [6.45, 7) is 3.54. The van der Waals surface area contributed by atoms with Gasteiger partial charge in [-0.25, -0.2) is 4.68 Å². The summed E-state index contributed by atoms with van der Waals surface area (Å²) in [5, 5.41) is 9.29. The van der Waals surface area contributed by atoms with Crippen molar-refractivity contribution in [2.45, 2.75) is 55.5 Å². The van der Waals surface area contributed by atoms with Gasteiger partial charge in [-0.1, -0.05) is 70.5 Å². The average Bonchev–Trinajstić information content (AvgIpc) is 3.36. The van der Waals surface area contributed by atoms with Crippen molar-refractivity contribution in [1.82, 2.24) is 15.0 Å². The molecule has 0 saturated carbocycles. The zero-order valence-electron chi connectivity index (χ0n) is 21.2. The van der Waals surface area contributed by atoms with Crippen molar-refractivity contribution in [3.05, 3.63) is 64.8 Å². The number of benzene rings is 2. The van der Waals surface area contributed by atoms with Gasteiger partial charge in [0.05, 0.1) is 16.2 Å². The summed E-state index contributed by atoms with van der Waals surface area (Å²) in [5.41, 5.74) is 0.505. The molecule has 13 heteroatoms. The van der Waals surface area contributed by atoms with E-state index in [1.807, 2.05) is 30.3 Å². The van der Waals surface area contributed by atoms with Gasteiger partial charge in [0.15, 0.2) is 12.2 Å². The molecule has 39 heavy (non-hydrogen) atoms. The molecule has 1 aromatic heterocycles. The van der Waals surface area contributed by atoms with E-state index in [-0.39, 0.29) is 6.61 Å². The number of carbonyl (C=O) groups is 3. The number of hydrogen-bond acceptors (Lipinski definition) is 10. The van der Waals surface area contributed by atoms with Crippen molar-refractivity contribution in [3.63, 3.8) is 0 Å². The van der Waals surface area contributed by atoms with E-state index in [0.29, 0.717) is 20.6 Å². The molecule has 1 aliphatic heterocycles. The van der Waals surface area contributed by atoms with Crippen molar-refractivity contribution in [3.8, 4) is 11.3 Å². The Labute approximate surface area is 238 Å². The van der Waals surface area contributed by atoms with Crippen LogP contribution in [0, 0.1) is 0 Å². The van der Waals surface area contributed by atoms with Gasteiger partial charge in [-0.2, -0.15) is 0 Å². The van der Waals surface area contributed by atoms with Gasteiger partial charge in [0.25, 0.3) is 0 Å². The summed E-state index contributed by atoms with van der Waals surface area (Å²) >= 11 is 13.5. The molecule has 5 unspecified atom stereocenters. The molecular weight excluding hydrogens is 569 g/mol. The average molecular weight is 594 g/mol. The van der Waals surface area contributed by atoms with E-state index >= 15 is 0 Å². The number of aromatic nitrogens is 3. The maximum absolute atomic E-state index is 12.3. The minimum absolute atomic E-state index is 0.227. The third-order valence-electron chi connectivity index (χ3n) is 5.70. The standard InChI is InChI=1S/C26H25Cl2N3O7S/c1-14(32)35-13-22-24(36-15(2)33)23(31-12-21(29-30-31)17-7-5-4-6-8-17)25(37-16(3)34)26(38-22)39-18-9-10-19(27)20(28)11-18/h4-12,22-26H,13H2,1-3H3. The van der Waals surface area contributed by atoms with Crippen molar-refractivity contribution in [2.75, 3.05) is 6.61 Å². The quantitative estimate of drug-likeness (QED) is 0.267. The van der Waals surface area contributed by atoms with Crippen LogP contribution in [0.5, 0.6) is 0 Å². The van der Waals surface area contributed by atoms with Crippen LogP contribution in [0.25, 0.3) is 11.3 Å². The van der Waals surface area contributed by atoms with Gasteiger partial charge in [0, 0.05) is 31.2 Å². The van der Waals surface area contributed by atoms with Crippen LogP contribution in [0.4, 0.5) is 0 Å². The molecule has 0 radical (unpaired) electrons. The monoisotopic (exact) mass is 593 g/mol. The van der Waals surface area contributed by atoms with Crippen LogP contribution in [0.2, 0.25) is 10.0 Å². The largest absolute Gasteiger partial charge is 0.463 e. The van der Waals surface area contributed by atoms with Crippen LogP contribution >= 0.6 is 35.0 Å². The summed E-state index contributed by atoms with van der Waals surface area (Å²) in [6, 6.07) is 13.5. The SMILES string of the molecule is CC(=O)OCC1OC(Sc2ccc(Cl)c(Cl)c2)C(OC(C)=O)C(n2cc(-c3ccccc3)nn2)C1OC(C)=O. The van der Waals surface area contributed by atoms with E-state index in [9.17, 15) is 14.4 Å². The Bertz CT molecular complexity index is 1340. The molecule has 10 nitrogen and oxygen atoms in total. The second-order valence-corrected chi connectivity index (χ2v) is 10.6. The summed E-state index contributed by atoms with van der Waals surface area (Å²) in [7, 11) is 0. The first kappa shape index (κ1) is 28.9. The van der Waals surface area contributed by atoms with Crippen molar-refractivity contribution < 1.29 is 33.3 Å². The van der Waals surface area contributed by atoms with Crippen LogP contribution in [0.15, 0.2) is 59.6 Å². The number of thioether (sulfide) groups is 1. The highest BCUT2D eigenvalue weighted by molar-refractivity contribution is 7.99. The molecule has 1 fully saturated rings. The minimum Gasteiger partial charge on any atom is -0.463 e. The Morgan fingerprint density at radius 3 is 2.28 bits per heavy atom. The van der Waals surface area contributed by atoms with Gasteiger partial charge in [-0.3, -0.25) is 14.4 Å². The molecule has 0 spiro atoms. The van der Waals surface area contributed by atoms with Crippen molar-refractivity contribution in [1.29, 1.82) is 0 Å². The number of rotatable bonds is 8. The topological polar surface area (TPSA) is 119 Å². The lowest BCUT2D eigenvalue weighted by molar-refractivity contribution is -0.212.